The lowest BCUT2D eigenvalue weighted by molar-refractivity contribution is 0.0922. The number of ether oxygens (including phenoxy) is 1. The zero-order valence-corrected chi connectivity index (χ0v) is 8.87. The van der Waals surface area contributed by atoms with E-state index in [4.69, 9.17) is 4.74 Å². The van der Waals surface area contributed by atoms with Gasteiger partial charge in [0.2, 0.25) is 0 Å². The fourth-order valence-corrected chi connectivity index (χ4v) is 1.73. The molecule has 1 aromatic carbocycles. The van der Waals surface area contributed by atoms with E-state index in [1.807, 2.05) is 36.0 Å². The van der Waals surface area contributed by atoms with Crippen molar-refractivity contribution in [2.24, 2.45) is 0 Å². The predicted molar refractivity (Wildman–Crippen MR) is 61.6 cm³/mol. The number of rotatable bonds is 5. The zero-order chi connectivity index (χ0) is 9.80. The average molecular weight is 206 g/mol. The summed E-state index contributed by atoms with van der Waals surface area (Å²) in [6.45, 7) is 4.65. The Hall–Kier alpha value is -0.730. The molecule has 74 valence electrons. The molecular weight excluding hydrogens is 192 g/mol. The van der Waals surface area contributed by atoms with Crippen LogP contribution in [0.1, 0.15) is 11.7 Å². The van der Waals surface area contributed by atoms with Gasteiger partial charge in [-0.3, -0.25) is 0 Å². The molecule has 1 aliphatic heterocycles. The van der Waals surface area contributed by atoms with Crippen LogP contribution in [-0.2, 0) is 4.74 Å². The third kappa shape index (κ3) is 2.63. The fourth-order valence-electron chi connectivity index (χ4n) is 1.32. The van der Waals surface area contributed by atoms with Gasteiger partial charge in [0.25, 0.3) is 0 Å². The minimum atomic E-state index is 0.0531. The Balaban J connectivity index is 1.94. The Labute approximate surface area is 89.2 Å². The van der Waals surface area contributed by atoms with Crippen LogP contribution in [0, 0.1) is 0 Å². The molecule has 2 heteroatoms. The molecule has 1 saturated heterocycles. The molecule has 0 amide bonds. The third-order valence-electron chi connectivity index (χ3n) is 2.21. The topological polar surface area (TPSA) is 9.23 Å². The lowest BCUT2D eigenvalue weighted by Gasteiger charge is -2.13. The van der Waals surface area contributed by atoms with E-state index < -0.39 is 0 Å². The fraction of sp³-hybridized carbons (Fsp3) is 0.333. The van der Waals surface area contributed by atoms with Gasteiger partial charge < -0.3 is 4.74 Å². The van der Waals surface area contributed by atoms with Crippen molar-refractivity contribution in [3.8, 4) is 0 Å². The van der Waals surface area contributed by atoms with Crippen molar-refractivity contribution in [2.45, 2.75) is 11.4 Å². The van der Waals surface area contributed by atoms with Crippen molar-refractivity contribution >= 4 is 11.8 Å². The van der Waals surface area contributed by atoms with Crippen molar-refractivity contribution in [3.05, 3.63) is 48.6 Å². The van der Waals surface area contributed by atoms with Crippen molar-refractivity contribution in [1.29, 1.82) is 0 Å². The molecule has 0 N–H and O–H groups in total. The van der Waals surface area contributed by atoms with Crippen molar-refractivity contribution in [1.82, 2.24) is 0 Å². The first-order valence-electron chi connectivity index (χ1n) is 4.81. The van der Waals surface area contributed by atoms with E-state index in [0.29, 0.717) is 0 Å². The van der Waals surface area contributed by atoms with E-state index >= 15 is 0 Å². The molecule has 0 spiro atoms. The summed E-state index contributed by atoms with van der Waals surface area (Å²) in [5, 5.41) is 0.723. The number of hydrogen-bond acceptors (Lipinski definition) is 2. The Bertz CT molecular complexity index is 292. The first kappa shape index (κ1) is 9.81. The molecule has 14 heavy (non-hydrogen) atoms. The van der Waals surface area contributed by atoms with Gasteiger partial charge in [-0.1, -0.05) is 36.4 Å². The maximum atomic E-state index is 5.76. The molecule has 0 aromatic heterocycles. The van der Waals surface area contributed by atoms with Crippen LogP contribution in [0.4, 0.5) is 0 Å². The van der Waals surface area contributed by atoms with Gasteiger partial charge in [-0.25, -0.2) is 0 Å². The molecule has 0 radical (unpaired) electrons. The summed E-state index contributed by atoms with van der Waals surface area (Å²) >= 11 is 1.96. The van der Waals surface area contributed by atoms with Gasteiger partial charge in [0.05, 0.1) is 6.61 Å². The molecule has 1 nitrogen and oxygen atoms in total. The van der Waals surface area contributed by atoms with Crippen LogP contribution in [0.5, 0.6) is 0 Å². The number of benzene rings is 1. The molecule has 2 unspecified atom stereocenters. The molecule has 2 rings (SSSR count). The van der Waals surface area contributed by atoms with E-state index in [1.165, 1.54) is 11.3 Å². The summed E-state index contributed by atoms with van der Waals surface area (Å²) in [4.78, 5) is 0. The predicted octanol–water partition coefficient (Wildman–Crippen LogP) is 3.05. The standard InChI is InChI=1S/C12H14OS/c1-2-12(13-8-11-9-14-11)10-6-4-3-5-7-10/h2-7,11-12H,1,8-9H2. The van der Waals surface area contributed by atoms with Crippen molar-refractivity contribution in [2.75, 3.05) is 12.4 Å². The van der Waals surface area contributed by atoms with E-state index in [2.05, 4.69) is 18.7 Å². The Kier molecular flexibility index (Phi) is 3.27. The Morgan fingerprint density at radius 2 is 2.21 bits per heavy atom. The van der Waals surface area contributed by atoms with Crippen LogP contribution in [0.25, 0.3) is 0 Å². The summed E-state index contributed by atoms with van der Waals surface area (Å²) in [6, 6.07) is 10.2. The minimum Gasteiger partial charge on any atom is -0.368 e. The summed E-state index contributed by atoms with van der Waals surface area (Å²) < 4.78 is 5.76. The summed E-state index contributed by atoms with van der Waals surface area (Å²) in [6.07, 6.45) is 1.92. The van der Waals surface area contributed by atoms with Crippen LogP contribution < -0.4 is 0 Å². The van der Waals surface area contributed by atoms with Gasteiger partial charge in [-0.05, 0) is 5.56 Å². The lowest BCUT2D eigenvalue weighted by Crippen LogP contribution is -2.06. The highest BCUT2D eigenvalue weighted by atomic mass is 32.2. The van der Waals surface area contributed by atoms with E-state index in [9.17, 15) is 0 Å². The second-order valence-corrected chi connectivity index (χ2v) is 4.69. The van der Waals surface area contributed by atoms with Gasteiger partial charge in [-0.15, -0.1) is 6.58 Å². The van der Waals surface area contributed by atoms with Crippen LogP contribution in [0.15, 0.2) is 43.0 Å². The van der Waals surface area contributed by atoms with E-state index in [0.717, 1.165) is 11.9 Å². The molecule has 0 bridgehead atoms. The van der Waals surface area contributed by atoms with Gasteiger partial charge in [0.15, 0.2) is 0 Å². The molecule has 1 aromatic rings. The first-order chi connectivity index (χ1) is 6.90. The SMILES string of the molecule is C=CC(OCC1CS1)c1ccccc1. The average Bonchev–Trinajstić information content (AvgIpc) is 3.04. The van der Waals surface area contributed by atoms with Gasteiger partial charge in [0.1, 0.15) is 6.10 Å². The maximum absolute atomic E-state index is 5.76. The summed E-state index contributed by atoms with van der Waals surface area (Å²) in [5.74, 6) is 1.25. The van der Waals surface area contributed by atoms with Crippen molar-refractivity contribution < 1.29 is 4.74 Å². The molecule has 1 aliphatic rings. The van der Waals surface area contributed by atoms with Crippen LogP contribution in [-0.4, -0.2) is 17.6 Å². The summed E-state index contributed by atoms with van der Waals surface area (Å²) in [7, 11) is 0. The third-order valence-corrected chi connectivity index (χ3v) is 3.15. The number of hydrogen-bond donors (Lipinski definition) is 0. The molecule has 1 fully saturated rings. The molecule has 0 saturated carbocycles. The Morgan fingerprint density at radius 3 is 2.79 bits per heavy atom. The van der Waals surface area contributed by atoms with Crippen LogP contribution in [0.2, 0.25) is 0 Å². The highest BCUT2D eigenvalue weighted by molar-refractivity contribution is 8.06. The molecule has 0 aliphatic carbocycles. The lowest BCUT2D eigenvalue weighted by atomic mass is 10.1. The molecular formula is C12H14OS. The van der Waals surface area contributed by atoms with E-state index in [-0.39, 0.29) is 6.10 Å². The largest absolute Gasteiger partial charge is 0.368 e. The molecule has 1 heterocycles. The highest BCUT2D eigenvalue weighted by Gasteiger charge is 2.23. The van der Waals surface area contributed by atoms with Crippen LogP contribution >= 0.6 is 11.8 Å². The summed E-state index contributed by atoms with van der Waals surface area (Å²) in [5.41, 5.74) is 1.19. The van der Waals surface area contributed by atoms with Gasteiger partial charge >= 0.3 is 0 Å². The van der Waals surface area contributed by atoms with Crippen LogP contribution in [0.3, 0.4) is 0 Å². The van der Waals surface area contributed by atoms with Gasteiger partial charge in [-0.2, -0.15) is 11.8 Å². The van der Waals surface area contributed by atoms with Gasteiger partial charge in [0, 0.05) is 11.0 Å². The quantitative estimate of drug-likeness (QED) is 0.541. The zero-order valence-electron chi connectivity index (χ0n) is 8.06. The maximum Gasteiger partial charge on any atom is 0.100 e. The van der Waals surface area contributed by atoms with E-state index in [1.54, 1.807) is 0 Å². The van der Waals surface area contributed by atoms with Crippen molar-refractivity contribution in [3.63, 3.8) is 0 Å². The second-order valence-electron chi connectivity index (χ2n) is 3.36. The Morgan fingerprint density at radius 1 is 1.50 bits per heavy atom. The molecule has 2 atom stereocenters. The second kappa shape index (κ2) is 4.67. The highest BCUT2D eigenvalue weighted by Crippen LogP contribution is 2.31. The normalized spacial score (nSPS) is 21.6. The smallest absolute Gasteiger partial charge is 0.100 e. The minimum absolute atomic E-state index is 0.0531. The monoisotopic (exact) mass is 206 g/mol. The first-order valence-corrected chi connectivity index (χ1v) is 5.85. The number of thioether (sulfide) groups is 1.